The van der Waals surface area contributed by atoms with Crippen molar-refractivity contribution in [2.75, 3.05) is 4.90 Å². The lowest BCUT2D eigenvalue weighted by atomic mass is 10.1. The molecule has 130 valence electrons. The highest BCUT2D eigenvalue weighted by atomic mass is 32.1. The second kappa shape index (κ2) is 6.14. The van der Waals surface area contributed by atoms with Crippen LogP contribution in [0.15, 0.2) is 77.8 Å². The van der Waals surface area contributed by atoms with Crippen LogP contribution in [0.25, 0.3) is 10.2 Å². The number of benzene rings is 3. The number of hydrogen-bond donors (Lipinski definition) is 0. The zero-order chi connectivity index (χ0) is 18.4. The number of aromatic nitrogens is 1. The fraction of sp³-hybridized carbons (Fsp3) is 0.0455. The lowest BCUT2D eigenvalue weighted by Gasteiger charge is -2.16. The lowest BCUT2D eigenvalue weighted by Crippen LogP contribution is -2.25. The van der Waals surface area contributed by atoms with Crippen molar-refractivity contribution in [2.24, 2.45) is 4.99 Å². The monoisotopic (exact) mass is 369 g/mol. The predicted molar refractivity (Wildman–Crippen MR) is 111 cm³/mol. The third-order valence-electron chi connectivity index (χ3n) is 4.54. The number of amides is 1. The number of anilines is 2. The first-order valence-corrected chi connectivity index (χ1v) is 9.47. The molecule has 4 nitrogen and oxygen atoms in total. The van der Waals surface area contributed by atoms with Gasteiger partial charge in [-0.3, -0.25) is 9.69 Å². The van der Waals surface area contributed by atoms with E-state index in [1.165, 1.54) is 0 Å². The second-order valence-electron chi connectivity index (χ2n) is 6.34. The Kier molecular flexibility index (Phi) is 3.62. The van der Waals surface area contributed by atoms with Crippen LogP contribution >= 0.6 is 11.3 Å². The zero-order valence-corrected chi connectivity index (χ0v) is 15.4. The van der Waals surface area contributed by atoms with E-state index < -0.39 is 0 Å². The number of aliphatic imine (C=N–C) groups is 1. The first-order chi connectivity index (χ1) is 13.2. The van der Waals surface area contributed by atoms with Gasteiger partial charge in [-0.2, -0.15) is 0 Å². The molecule has 0 fully saturated rings. The van der Waals surface area contributed by atoms with Gasteiger partial charge in [0, 0.05) is 11.3 Å². The van der Waals surface area contributed by atoms with E-state index in [0.29, 0.717) is 5.71 Å². The molecule has 3 aromatic carbocycles. The minimum absolute atomic E-state index is 0.108. The minimum Gasteiger partial charge on any atom is -0.275 e. The normalized spacial score (nSPS) is 14.9. The molecule has 5 heteroatoms. The molecular formula is C22H15N3OS. The van der Waals surface area contributed by atoms with Gasteiger partial charge in [0.25, 0.3) is 5.91 Å². The molecule has 1 aromatic heterocycles. The van der Waals surface area contributed by atoms with Crippen LogP contribution in [0.2, 0.25) is 0 Å². The maximum atomic E-state index is 13.2. The highest BCUT2D eigenvalue weighted by molar-refractivity contribution is 7.18. The summed E-state index contributed by atoms with van der Waals surface area (Å²) in [7, 11) is 0. The fourth-order valence-corrected chi connectivity index (χ4v) is 4.23. The van der Waals surface area contributed by atoms with E-state index >= 15 is 0 Å². The molecule has 0 saturated carbocycles. The van der Waals surface area contributed by atoms with Crippen molar-refractivity contribution < 1.29 is 4.79 Å². The molecule has 0 radical (unpaired) electrons. The Morgan fingerprint density at radius 3 is 2.59 bits per heavy atom. The number of rotatable bonds is 2. The maximum absolute atomic E-state index is 13.2. The van der Waals surface area contributed by atoms with Gasteiger partial charge in [0.05, 0.1) is 26.6 Å². The summed E-state index contributed by atoms with van der Waals surface area (Å²) in [6, 6.07) is 23.3. The smallest absolute Gasteiger partial charge is 0.275 e. The summed E-state index contributed by atoms with van der Waals surface area (Å²) in [5.41, 5.74) is 4.75. The average molecular weight is 369 g/mol. The van der Waals surface area contributed by atoms with Crippen molar-refractivity contribution in [3.05, 3.63) is 83.4 Å². The van der Waals surface area contributed by atoms with Crippen LogP contribution in [0, 0.1) is 6.92 Å². The van der Waals surface area contributed by atoms with E-state index in [9.17, 15) is 4.79 Å². The molecule has 0 unspecified atom stereocenters. The van der Waals surface area contributed by atoms with Gasteiger partial charge >= 0.3 is 0 Å². The van der Waals surface area contributed by atoms with Gasteiger partial charge in [-0.25, -0.2) is 9.98 Å². The number of hydrogen-bond acceptors (Lipinski definition) is 4. The molecule has 1 amide bonds. The van der Waals surface area contributed by atoms with E-state index in [2.05, 4.69) is 4.98 Å². The van der Waals surface area contributed by atoms with Crippen LogP contribution in [0.5, 0.6) is 0 Å². The summed E-state index contributed by atoms with van der Waals surface area (Å²) in [5, 5.41) is 1.02. The van der Waals surface area contributed by atoms with Crippen LogP contribution in [-0.4, -0.2) is 16.6 Å². The minimum atomic E-state index is -0.108. The summed E-state index contributed by atoms with van der Waals surface area (Å²) in [6.45, 7) is 1.99. The first kappa shape index (κ1) is 15.9. The first-order valence-electron chi connectivity index (χ1n) is 8.65. The number of thiazole rings is 1. The van der Waals surface area contributed by atoms with Crippen molar-refractivity contribution in [1.82, 2.24) is 4.98 Å². The van der Waals surface area contributed by atoms with Gasteiger partial charge in [0.2, 0.25) is 0 Å². The summed E-state index contributed by atoms with van der Waals surface area (Å²) in [4.78, 5) is 24.1. The Morgan fingerprint density at radius 2 is 1.74 bits per heavy atom. The summed E-state index contributed by atoms with van der Waals surface area (Å²) < 4.78 is 1.08. The zero-order valence-electron chi connectivity index (χ0n) is 14.6. The number of carbonyl (C=O) groups is 1. The maximum Gasteiger partial charge on any atom is 0.282 e. The van der Waals surface area contributed by atoms with E-state index in [4.69, 9.17) is 4.99 Å². The topological polar surface area (TPSA) is 45.6 Å². The summed E-state index contributed by atoms with van der Waals surface area (Å²) in [5.74, 6) is -0.108. The lowest BCUT2D eigenvalue weighted by molar-refractivity contribution is -0.111. The highest BCUT2D eigenvalue weighted by Gasteiger charge is 2.34. The van der Waals surface area contributed by atoms with Crippen LogP contribution in [0.3, 0.4) is 0 Å². The highest BCUT2D eigenvalue weighted by Crippen LogP contribution is 2.36. The van der Waals surface area contributed by atoms with Gasteiger partial charge in [-0.05, 0) is 43.3 Å². The third-order valence-corrected chi connectivity index (χ3v) is 5.47. The molecule has 0 N–H and O–H groups in total. The van der Waals surface area contributed by atoms with Crippen LogP contribution in [-0.2, 0) is 4.79 Å². The summed E-state index contributed by atoms with van der Waals surface area (Å²) in [6.07, 6.45) is 0. The average Bonchev–Trinajstić information content (AvgIpc) is 3.19. The standard InChI is InChI=1S/C22H15N3OS/c1-14-23-18-12-11-15(13-20(18)27-14)24-21-17-9-5-6-10-19(17)25(22(21)26)16-7-3-2-4-8-16/h2-13H,1H3. The summed E-state index contributed by atoms with van der Waals surface area (Å²) >= 11 is 1.63. The number of fused-ring (bicyclic) bond motifs is 2. The van der Waals surface area contributed by atoms with E-state index in [1.54, 1.807) is 16.2 Å². The molecule has 0 bridgehead atoms. The number of carbonyl (C=O) groups excluding carboxylic acids is 1. The Morgan fingerprint density at radius 1 is 0.963 bits per heavy atom. The number of aryl methyl sites for hydroxylation is 1. The molecule has 0 spiro atoms. The van der Waals surface area contributed by atoms with Crippen molar-refractivity contribution in [3.63, 3.8) is 0 Å². The van der Waals surface area contributed by atoms with E-state index in [1.807, 2.05) is 79.7 Å². The SMILES string of the molecule is Cc1nc2ccc(N=C3C(=O)N(c4ccccc4)c4ccccc43)cc2s1. The Hall–Kier alpha value is -3.31. The van der Waals surface area contributed by atoms with Gasteiger partial charge < -0.3 is 0 Å². The van der Waals surface area contributed by atoms with Gasteiger partial charge in [0.1, 0.15) is 5.71 Å². The molecule has 1 aliphatic rings. The molecule has 2 heterocycles. The Bertz CT molecular complexity index is 1210. The molecule has 0 atom stereocenters. The van der Waals surface area contributed by atoms with Gasteiger partial charge in [-0.1, -0.05) is 36.4 Å². The molecule has 1 aliphatic heterocycles. The van der Waals surface area contributed by atoms with Crippen molar-refractivity contribution in [3.8, 4) is 0 Å². The molecule has 0 saturated heterocycles. The van der Waals surface area contributed by atoms with Crippen LogP contribution in [0.1, 0.15) is 10.6 Å². The Labute approximate surface area is 160 Å². The van der Waals surface area contributed by atoms with E-state index in [0.717, 1.165) is 37.8 Å². The quantitative estimate of drug-likeness (QED) is 0.475. The van der Waals surface area contributed by atoms with Crippen molar-refractivity contribution >= 4 is 50.2 Å². The number of nitrogens with zero attached hydrogens (tertiary/aromatic N) is 3. The van der Waals surface area contributed by atoms with E-state index in [-0.39, 0.29) is 5.91 Å². The van der Waals surface area contributed by atoms with Gasteiger partial charge in [0.15, 0.2) is 0 Å². The third kappa shape index (κ3) is 2.64. The molecule has 5 rings (SSSR count). The molecular weight excluding hydrogens is 354 g/mol. The van der Waals surface area contributed by atoms with Gasteiger partial charge in [-0.15, -0.1) is 11.3 Å². The van der Waals surface area contributed by atoms with Crippen molar-refractivity contribution in [1.29, 1.82) is 0 Å². The predicted octanol–water partition coefficient (Wildman–Crippen LogP) is 5.40. The van der Waals surface area contributed by atoms with Crippen LogP contribution < -0.4 is 4.90 Å². The molecule has 27 heavy (non-hydrogen) atoms. The van der Waals surface area contributed by atoms with Crippen molar-refractivity contribution in [2.45, 2.75) is 6.92 Å². The Balaban J connectivity index is 1.65. The largest absolute Gasteiger partial charge is 0.282 e. The van der Waals surface area contributed by atoms with Crippen LogP contribution in [0.4, 0.5) is 17.1 Å². The number of para-hydroxylation sites is 2. The molecule has 0 aliphatic carbocycles. The fourth-order valence-electron chi connectivity index (χ4n) is 3.37. The molecule has 4 aromatic rings. The second-order valence-corrected chi connectivity index (χ2v) is 7.57.